The fraction of sp³-hybridized carbons (Fsp3) is 0.261. The first-order valence-electron chi connectivity index (χ1n) is 10.3. The van der Waals surface area contributed by atoms with Gasteiger partial charge in [0.2, 0.25) is 5.91 Å². The predicted molar refractivity (Wildman–Crippen MR) is 117 cm³/mol. The van der Waals surface area contributed by atoms with Crippen molar-refractivity contribution in [2.45, 2.75) is 25.2 Å². The molecule has 3 N–H and O–H groups in total. The highest BCUT2D eigenvalue weighted by Gasteiger charge is 2.38. The van der Waals surface area contributed by atoms with Crippen LogP contribution in [-0.2, 0) is 22.2 Å². The Hall–Kier alpha value is -4.03. The van der Waals surface area contributed by atoms with E-state index in [4.69, 9.17) is 14.4 Å². The van der Waals surface area contributed by atoms with E-state index in [2.05, 4.69) is 15.8 Å². The summed E-state index contributed by atoms with van der Waals surface area (Å²) in [5.41, 5.74) is 1.40. The van der Waals surface area contributed by atoms with Crippen molar-refractivity contribution in [3.8, 4) is 11.3 Å². The number of para-hydroxylation sites is 1. The predicted octanol–water partition coefficient (Wildman–Crippen LogP) is 5.15. The van der Waals surface area contributed by atoms with Crippen LogP contribution in [0.15, 0.2) is 65.3 Å². The maximum Gasteiger partial charge on any atom is 0.490 e. The lowest BCUT2D eigenvalue weighted by Gasteiger charge is -2.08. The van der Waals surface area contributed by atoms with Crippen LogP contribution in [0.25, 0.3) is 11.3 Å². The molecule has 0 aliphatic heterocycles. The van der Waals surface area contributed by atoms with Gasteiger partial charge in [0.1, 0.15) is 0 Å². The molecule has 0 bridgehead atoms. The summed E-state index contributed by atoms with van der Waals surface area (Å²) in [4.78, 5) is 20.9. The number of alkyl halides is 6. The van der Waals surface area contributed by atoms with Crippen molar-refractivity contribution in [3.05, 3.63) is 71.9 Å². The Morgan fingerprint density at radius 2 is 1.53 bits per heavy atom. The molecule has 36 heavy (non-hydrogen) atoms. The second kappa shape index (κ2) is 12.6. The number of aryl methyl sites for hydroxylation is 1. The molecule has 0 saturated heterocycles. The first kappa shape index (κ1) is 28.2. The number of anilines is 1. The second-order valence-electron chi connectivity index (χ2n) is 7.20. The Morgan fingerprint density at radius 1 is 0.917 bits per heavy atom. The summed E-state index contributed by atoms with van der Waals surface area (Å²) in [6.45, 7) is 1.07. The van der Waals surface area contributed by atoms with E-state index in [0.29, 0.717) is 36.4 Å². The van der Waals surface area contributed by atoms with Gasteiger partial charge < -0.3 is 20.3 Å². The molecule has 7 nitrogen and oxygen atoms in total. The number of aliphatic carboxylic acids is 1. The molecule has 0 radical (unpaired) electrons. The molecule has 1 amide bonds. The molecule has 0 aliphatic rings. The summed E-state index contributed by atoms with van der Waals surface area (Å²) in [6, 6.07) is 14.3. The molecular formula is C23H21F6N3O4. The van der Waals surface area contributed by atoms with Crippen molar-refractivity contribution >= 4 is 17.6 Å². The van der Waals surface area contributed by atoms with E-state index in [1.54, 1.807) is 0 Å². The number of carbonyl (C=O) groups is 2. The van der Waals surface area contributed by atoms with E-state index in [9.17, 15) is 31.1 Å². The molecule has 2 aromatic carbocycles. The molecule has 0 saturated carbocycles. The van der Waals surface area contributed by atoms with Gasteiger partial charge in [-0.1, -0.05) is 35.5 Å². The first-order chi connectivity index (χ1) is 16.9. The van der Waals surface area contributed by atoms with Crippen molar-refractivity contribution in [1.29, 1.82) is 0 Å². The third kappa shape index (κ3) is 9.31. The minimum atomic E-state index is -5.08. The number of aromatic nitrogens is 1. The molecule has 0 unspecified atom stereocenters. The summed E-state index contributed by atoms with van der Waals surface area (Å²) in [6.07, 6.45) is -7.40. The normalized spacial score (nSPS) is 11.3. The van der Waals surface area contributed by atoms with Gasteiger partial charge in [0.15, 0.2) is 5.76 Å². The van der Waals surface area contributed by atoms with Crippen LogP contribution in [0.1, 0.15) is 17.5 Å². The molecule has 0 spiro atoms. The van der Waals surface area contributed by atoms with Crippen LogP contribution in [-0.4, -0.2) is 41.4 Å². The highest BCUT2D eigenvalue weighted by atomic mass is 19.4. The number of benzene rings is 2. The highest BCUT2D eigenvalue weighted by molar-refractivity contribution is 5.76. The average Bonchev–Trinajstić information content (AvgIpc) is 3.29. The lowest BCUT2D eigenvalue weighted by Crippen LogP contribution is -2.28. The quantitative estimate of drug-likeness (QED) is 0.282. The molecule has 0 atom stereocenters. The number of hydrogen-bond acceptors (Lipinski definition) is 5. The Balaban J connectivity index is 0.000000572. The van der Waals surface area contributed by atoms with Crippen molar-refractivity contribution in [2.24, 2.45) is 0 Å². The first-order valence-corrected chi connectivity index (χ1v) is 10.3. The van der Waals surface area contributed by atoms with Crippen molar-refractivity contribution in [1.82, 2.24) is 10.5 Å². The number of rotatable bonds is 8. The summed E-state index contributed by atoms with van der Waals surface area (Å²) in [5, 5.41) is 16.9. The zero-order valence-electron chi connectivity index (χ0n) is 18.5. The monoisotopic (exact) mass is 517 g/mol. The van der Waals surface area contributed by atoms with Crippen LogP contribution in [0.3, 0.4) is 0 Å². The molecule has 3 rings (SSSR count). The molecule has 3 aromatic rings. The van der Waals surface area contributed by atoms with E-state index < -0.39 is 23.9 Å². The van der Waals surface area contributed by atoms with Gasteiger partial charge in [-0.25, -0.2) is 4.79 Å². The summed E-state index contributed by atoms with van der Waals surface area (Å²) < 4.78 is 75.0. The summed E-state index contributed by atoms with van der Waals surface area (Å²) in [5.74, 6) is -2.51. The van der Waals surface area contributed by atoms with Gasteiger partial charge in [-0.2, -0.15) is 26.3 Å². The zero-order chi connectivity index (χ0) is 26.8. The molecule has 194 valence electrons. The topological polar surface area (TPSA) is 104 Å². The van der Waals surface area contributed by atoms with Gasteiger partial charge in [-0.3, -0.25) is 4.79 Å². The largest absolute Gasteiger partial charge is 0.490 e. The van der Waals surface area contributed by atoms with Gasteiger partial charge >= 0.3 is 18.3 Å². The van der Waals surface area contributed by atoms with Gasteiger partial charge in [0, 0.05) is 36.3 Å². The molecule has 0 fully saturated rings. The van der Waals surface area contributed by atoms with Crippen molar-refractivity contribution < 1.29 is 45.6 Å². The third-order valence-corrected chi connectivity index (χ3v) is 4.53. The summed E-state index contributed by atoms with van der Waals surface area (Å²) in [7, 11) is 0. The molecule has 1 heterocycles. The average molecular weight is 517 g/mol. The Bertz CT molecular complexity index is 1110. The molecule has 13 heteroatoms. The molecule has 1 aromatic heterocycles. The zero-order valence-corrected chi connectivity index (χ0v) is 18.5. The van der Waals surface area contributed by atoms with Gasteiger partial charge in [-0.05, 0) is 30.7 Å². The van der Waals surface area contributed by atoms with Crippen LogP contribution in [0, 0.1) is 0 Å². The molecule has 0 aliphatic carbocycles. The lowest BCUT2D eigenvalue weighted by atomic mass is 10.0. The van der Waals surface area contributed by atoms with E-state index in [1.165, 1.54) is 18.3 Å². The number of hydrogen-bond donors (Lipinski definition) is 3. The van der Waals surface area contributed by atoms with Crippen LogP contribution >= 0.6 is 0 Å². The smallest absolute Gasteiger partial charge is 0.475 e. The van der Waals surface area contributed by atoms with E-state index in [-0.39, 0.29) is 12.3 Å². The number of halogens is 6. The fourth-order valence-corrected chi connectivity index (χ4v) is 2.79. The fourth-order valence-electron chi connectivity index (χ4n) is 2.79. The minimum Gasteiger partial charge on any atom is -0.475 e. The maximum absolute atomic E-state index is 12.7. The highest BCUT2D eigenvalue weighted by Crippen LogP contribution is 2.32. The van der Waals surface area contributed by atoms with E-state index in [1.807, 2.05) is 30.3 Å². The van der Waals surface area contributed by atoms with Gasteiger partial charge in [0.05, 0.1) is 11.8 Å². The Kier molecular flexibility index (Phi) is 9.88. The number of amides is 1. The summed E-state index contributed by atoms with van der Waals surface area (Å²) >= 11 is 0. The van der Waals surface area contributed by atoms with Gasteiger partial charge in [0.25, 0.3) is 0 Å². The number of carboxylic acid groups (broad SMARTS) is 1. The number of nitrogens with zero attached hydrogens (tertiary/aromatic N) is 1. The Labute approximate surface area is 201 Å². The van der Waals surface area contributed by atoms with Crippen LogP contribution in [0.5, 0.6) is 0 Å². The Morgan fingerprint density at radius 3 is 2.08 bits per heavy atom. The van der Waals surface area contributed by atoms with Crippen LogP contribution < -0.4 is 10.6 Å². The maximum atomic E-state index is 12.7. The minimum absolute atomic E-state index is 0.126. The lowest BCUT2D eigenvalue weighted by molar-refractivity contribution is -0.192. The standard InChI is InChI=1S/C21H20F3N3O2.C2HF3O2/c22-21(23,24)17-9-6-15(7-10-17)20-16(14-27-29-20)8-11-19(28)26-13-12-25-18-4-2-1-3-5-18;3-2(4,5)1(6)7/h1-7,9-10,14,25H,8,11-13H2,(H,26,28);(H,6,7). The van der Waals surface area contributed by atoms with Crippen molar-refractivity contribution in [3.63, 3.8) is 0 Å². The van der Waals surface area contributed by atoms with E-state index in [0.717, 1.165) is 17.8 Å². The SMILES string of the molecule is O=C(CCc1cnoc1-c1ccc(C(F)(F)F)cc1)NCCNc1ccccc1.O=C(O)C(F)(F)F. The van der Waals surface area contributed by atoms with E-state index >= 15 is 0 Å². The second-order valence-corrected chi connectivity index (χ2v) is 7.20. The van der Waals surface area contributed by atoms with Crippen molar-refractivity contribution in [2.75, 3.05) is 18.4 Å². The van der Waals surface area contributed by atoms with Crippen LogP contribution in [0.4, 0.5) is 32.0 Å². The number of nitrogens with one attached hydrogen (secondary N) is 2. The number of carboxylic acids is 1. The third-order valence-electron chi connectivity index (χ3n) is 4.53. The number of carbonyl (C=O) groups excluding carboxylic acids is 1. The van der Waals surface area contributed by atoms with Gasteiger partial charge in [-0.15, -0.1) is 0 Å². The van der Waals surface area contributed by atoms with Crippen LogP contribution in [0.2, 0.25) is 0 Å². The molecular weight excluding hydrogens is 496 g/mol.